The number of benzene rings is 1. The molecule has 0 saturated carbocycles. The van der Waals surface area contributed by atoms with Crippen molar-refractivity contribution < 1.29 is 0 Å². The van der Waals surface area contributed by atoms with E-state index in [1.54, 1.807) is 0 Å². The van der Waals surface area contributed by atoms with Crippen LogP contribution < -0.4 is 5.32 Å². The number of thiazole rings is 1. The molecule has 1 heterocycles. The highest BCUT2D eigenvalue weighted by molar-refractivity contribution is 9.10. The Labute approximate surface area is 136 Å². The second-order valence-corrected chi connectivity index (χ2v) is 7.45. The minimum atomic E-state index is 0.560. The fourth-order valence-electron chi connectivity index (χ4n) is 2.71. The Balaban J connectivity index is 1.97. The van der Waals surface area contributed by atoms with Crippen molar-refractivity contribution >= 4 is 38.9 Å². The molecule has 1 atom stereocenters. The highest BCUT2D eigenvalue weighted by atomic mass is 79.9. The third-order valence-corrected chi connectivity index (χ3v) is 6.08. The lowest BCUT2D eigenvalue weighted by Crippen LogP contribution is -2.20. The molecule has 1 unspecified atom stereocenters. The molecule has 0 amide bonds. The molecule has 0 aliphatic heterocycles. The van der Waals surface area contributed by atoms with Gasteiger partial charge in [-0.05, 0) is 54.4 Å². The maximum absolute atomic E-state index is 6.06. The van der Waals surface area contributed by atoms with Crippen molar-refractivity contribution in [1.82, 2.24) is 10.3 Å². The van der Waals surface area contributed by atoms with Crippen LogP contribution >= 0.6 is 38.9 Å². The third-order valence-electron chi connectivity index (χ3n) is 3.69. The summed E-state index contributed by atoms with van der Waals surface area (Å²) in [5.74, 6) is 0.560. The van der Waals surface area contributed by atoms with E-state index in [1.807, 2.05) is 30.5 Å². The molecule has 0 radical (unpaired) electrons. The zero-order chi connectivity index (χ0) is 14.1. The van der Waals surface area contributed by atoms with Gasteiger partial charge in [-0.15, -0.1) is 11.3 Å². The summed E-state index contributed by atoms with van der Waals surface area (Å²) in [6.45, 7) is 1.01. The predicted octanol–water partition coefficient (Wildman–Crippen LogP) is 4.87. The average Bonchev–Trinajstić information content (AvgIpc) is 2.87. The first kappa shape index (κ1) is 14.5. The highest BCUT2D eigenvalue weighted by Gasteiger charge is 2.24. The molecule has 5 heteroatoms. The third kappa shape index (κ3) is 2.80. The second kappa shape index (κ2) is 6.14. The number of nitrogens with one attached hydrogen (secondary N) is 1. The van der Waals surface area contributed by atoms with Crippen LogP contribution in [0.5, 0.6) is 0 Å². The van der Waals surface area contributed by atoms with Crippen LogP contribution in [-0.2, 0) is 6.42 Å². The molecule has 2 aromatic rings. The number of aromatic nitrogens is 1. The Kier molecular flexibility index (Phi) is 4.46. The Morgan fingerprint density at radius 1 is 1.50 bits per heavy atom. The first-order valence-corrected chi connectivity index (χ1v) is 8.77. The quantitative estimate of drug-likeness (QED) is 0.833. The van der Waals surface area contributed by atoms with E-state index in [4.69, 9.17) is 16.6 Å². The van der Waals surface area contributed by atoms with Gasteiger partial charge in [0.05, 0.1) is 10.7 Å². The topological polar surface area (TPSA) is 24.9 Å². The van der Waals surface area contributed by atoms with Crippen molar-refractivity contribution in [3.63, 3.8) is 0 Å². The number of hydrogen-bond acceptors (Lipinski definition) is 3. The van der Waals surface area contributed by atoms with E-state index in [0.717, 1.165) is 26.6 Å². The van der Waals surface area contributed by atoms with Crippen molar-refractivity contribution in [2.45, 2.75) is 25.2 Å². The number of halogens is 2. The van der Waals surface area contributed by atoms with Crippen LogP contribution in [0.25, 0.3) is 10.6 Å². The summed E-state index contributed by atoms with van der Waals surface area (Å²) in [4.78, 5) is 6.36. The molecule has 1 N–H and O–H groups in total. The van der Waals surface area contributed by atoms with Gasteiger partial charge in [0.1, 0.15) is 5.01 Å². The second-order valence-electron chi connectivity index (χ2n) is 5.10. The van der Waals surface area contributed by atoms with Gasteiger partial charge >= 0.3 is 0 Å². The van der Waals surface area contributed by atoms with Crippen LogP contribution in [0.2, 0.25) is 5.02 Å². The lowest BCUT2D eigenvalue weighted by molar-refractivity contribution is 0.523. The summed E-state index contributed by atoms with van der Waals surface area (Å²) < 4.78 is 0.927. The van der Waals surface area contributed by atoms with Crippen molar-refractivity contribution in [3.05, 3.63) is 38.3 Å². The summed E-state index contributed by atoms with van der Waals surface area (Å²) in [6.07, 6.45) is 3.68. The number of hydrogen-bond donors (Lipinski definition) is 1. The zero-order valence-corrected chi connectivity index (χ0v) is 14.4. The highest BCUT2D eigenvalue weighted by Crippen LogP contribution is 2.39. The maximum Gasteiger partial charge on any atom is 0.123 e. The molecule has 106 valence electrons. The standard InChI is InChI=1S/C15H16BrClN2S/c1-18-8-10-3-2-4-13-14(10)19-15(20-13)9-5-6-12(17)11(16)7-9/h5-7,10,18H,2-4,8H2,1H3. The maximum atomic E-state index is 6.06. The van der Waals surface area contributed by atoms with Crippen LogP contribution in [0.15, 0.2) is 22.7 Å². The summed E-state index contributed by atoms with van der Waals surface area (Å²) in [5.41, 5.74) is 2.44. The van der Waals surface area contributed by atoms with E-state index in [-0.39, 0.29) is 0 Å². The number of aryl methyl sites for hydroxylation is 1. The van der Waals surface area contributed by atoms with E-state index >= 15 is 0 Å². The smallest absolute Gasteiger partial charge is 0.123 e. The molecule has 1 aromatic heterocycles. The molecular formula is C15H16BrClN2S. The van der Waals surface area contributed by atoms with Gasteiger partial charge < -0.3 is 5.32 Å². The Morgan fingerprint density at radius 2 is 2.35 bits per heavy atom. The van der Waals surface area contributed by atoms with Gasteiger partial charge in [0.15, 0.2) is 0 Å². The SMILES string of the molecule is CNCC1CCCc2sc(-c3ccc(Cl)c(Br)c3)nc21. The Hall–Kier alpha value is -0.420. The first-order valence-electron chi connectivity index (χ1n) is 6.78. The molecule has 1 aliphatic carbocycles. The van der Waals surface area contributed by atoms with Gasteiger partial charge in [-0.2, -0.15) is 0 Å². The molecule has 0 spiro atoms. The fourth-order valence-corrected chi connectivity index (χ4v) is 4.39. The summed E-state index contributed by atoms with van der Waals surface area (Å²) in [7, 11) is 2.01. The number of likely N-dealkylation sites (N-methyl/N-ethyl adjacent to an activating group) is 1. The van der Waals surface area contributed by atoms with Crippen LogP contribution in [0.1, 0.15) is 29.3 Å². The normalized spacial score (nSPS) is 18.1. The first-order chi connectivity index (χ1) is 9.69. The van der Waals surface area contributed by atoms with Gasteiger partial charge in [-0.1, -0.05) is 17.7 Å². The Bertz CT molecular complexity index is 626. The van der Waals surface area contributed by atoms with Gasteiger partial charge in [0.25, 0.3) is 0 Å². The molecule has 20 heavy (non-hydrogen) atoms. The number of rotatable bonds is 3. The van der Waals surface area contributed by atoms with Crippen molar-refractivity contribution in [2.24, 2.45) is 0 Å². The molecule has 2 nitrogen and oxygen atoms in total. The zero-order valence-electron chi connectivity index (χ0n) is 11.2. The monoisotopic (exact) mass is 370 g/mol. The van der Waals surface area contributed by atoms with E-state index in [0.29, 0.717) is 5.92 Å². The largest absolute Gasteiger partial charge is 0.319 e. The van der Waals surface area contributed by atoms with Crippen LogP contribution in [0.4, 0.5) is 0 Å². The van der Waals surface area contributed by atoms with Gasteiger partial charge in [-0.25, -0.2) is 4.98 Å². The van der Waals surface area contributed by atoms with Crippen molar-refractivity contribution in [2.75, 3.05) is 13.6 Å². The minimum absolute atomic E-state index is 0.560. The van der Waals surface area contributed by atoms with Crippen LogP contribution in [-0.4, -0.2) is 18.6 Å². The molecule has 0 bridgehead atoms. The van der Waals surface area contributed by atoms with E-state index in [9.17, 15) is 0 Å². The molecule has 3 rings (SSSR count). The van der Waals surface area contributed by atoms with Crippen molar-refractivity contribution in [3.8, 4) is 10.6 Å². The predicted molar refractivity (Wildman–Crippen MR) is 89.9 cm³/mol. The summed E-state index contributed by atoms with van der Waals surface area (Å²) in [5, 5.41) is 5.13. The fraction of sp³-hybridized carbons (Fsp3) is 0.400. The summed E-state index contributed by atoms with van der Waals surface area (Å²) in [6, 6.07) is 6.02. The van der Waals surface area contributed by atoms with Crippen LogP contribution in [0.3, 0.4) is 0 Å². The molecular weight excluding hydrogens is 356 g/mol. The van der Waals surface area contributed by atoms with Gasteiger partial charge in [0.2, 0.25) is 0 Å². The summed E-state index contributed by atoms with van der Waals surface area (Å²) >= 11 is 11.4. The van der Waals surface area contributed by atoms with Crippen molar-refractivity contribution in [1.29, 1.82) is 0 Å². The molecule has 1 aromatic carbocycles. The molecule has 0 fully saturated rings. The minimum Gasteiger partial charge on any atom is -0.319 e. The van der Waals surface area contributed by atoms with E-state index in [1.165, 1.54) is 29.8 Å². The number of fused-ring (bicyclic) bond motifs is 1. The molecule has 0 saturated heterocycles. The lowest BCUT2D eigenvalue weighted by Gasteiger charge is -2.20. The van der Waals surface area contributed by atoms with Gasteiger partial charge in [-0.3, -0.25) is 0 Å². The average molecular weight is 372 g/mol. The lowest BCUT2D eigenvalue weighted by atomic mass is 9.91. The van der Waals surface area contributed by atoms with Crippen LogP contribution in [0, 0.1) is 0 Å². The van der Waals surface area contributed by atoms with E-state index < -0.39 is 0 Å². The molecule has 1 aliphatic rings. The van der Waals surface area contributed by atoms with E-state index in [2.05, 4.69) is 27.3 Å². The number of nitrogens with zero attached hydrogens (tertiary/aromatic N) is 1. The van der Waals surface area contributed by atoms with Gasteiger partial charge in [0, 0.05) is 27.4 Å². The Morgan fingerprint density at radius 3 is 3.10 bits per heavy atom.